The van der Waals surface area contributed by atoms with Gasteiger partial charge in [0.2, 0.25) is 5.91 Å². The number of benzene rings is 1. The van der Waals surface area contributed by atoms with Gasteiger partial charge in [-0.25, -0.2) is 0 Å². The summed E-state index contributed by atoms with van der Waals surface area (Å²) in [6.45, 7) is 3.73. The van der Waals surface area contributed by atoms with Crippen molar-refractivity contribution in [1.82, 2.24) is 5.32 Å². The van der Waals surface area contributed by atoms with Gasteiger partial charge in [-0.3, -0.25) is 4.79 Å². The largest absolute Gasteiger partial charge is 0.324 e. The van der Waals surface area contributed by atoms with E-state index < -0.39 is 0 Å². The Kier molecular flexibility index (Phi) is 4.12. The van der Waals surface area contributed by atoms with E-state index >= 15 is 0 Å². The lowest BCUT2D eigenvalue weighted by atomic mass is 10.2. The Morgan fingerprint density at radius 2 is 2.13 bits per heavy atom. The molecule has 4 heteroatoms. The Hall–Kier alpha value is -1.06. The van der Waals surface area contributed by atoms with E-state index in [9.17, 15) is 4.79 Å². The lowest BCUT2D eigenvalue weighted by Gasteiger charge is -2.12. The van der Waals surface area contributed by atoms with Crippen LogP contribution < -0.4 is 10.6 Å². The van der Waals surface area contributed by atoms with Crippen molar-refractivity contribution < 1.29 is 4.79 Å². The van der Waals surface area contributed by atoms with Crippen molar-refractivity contribution in [3.05, 3.63) is 28.8 Å². The van der Waals surface area contributed by atoms with Gasteiger partial charge in [0.05, 0.1) is 6.04 Å². The number of anilines is 1. The van der Waals surface area contributed by atoms with Gasteiger partial charge >= 0.3 is 0 Å². The summed E-state index contributed by atoms with van der Waals surface area (Å²) in [4.78, 5) is 11.6. The molecule has 0 heterocycles. The van der Waals surface area contributed by atoms with Crippen LogP contribution in [0.4, 0.5) is 5.69 Å². The molecule has 1 amide bonds. The molecule has 1 unspecified atom stereocenters. The molecule has 0 saturated carbocycles. The molecular formula is C11H15ClN2O. The minimum atomic E-state index is -0.219. The van der Waals surface area contributed by atoms with E-state index in [1.54, 1.807) is 26.1 Å². The molecule has 0 radical (unpaired) electrons. The summed E-state index contributed by atoms with van der Waals surface area (Å²) in [5.74, 6) is -0.0668. The molecule has 0 aromatic heterocycles. The molecule has 0 aliphatic heterocycles. The van der Waals surface area contributed by atoms with E-state index in [1.807, 2.05) is 13.0 Å². The second kappa shape index (κ2) is 5.14. The number of hydrogen-bond donors (Lipinski definition) is 2. The first kappa shape index (κ1) is 12.0. The summed E-state index contributed by atoms with van der Waals surface area (Å²) in [5.41, 5.74) is 1.76. The van der Waals surface area contributed by atoms with Crippen LogP contribution in [0, 0.1) is 6.92 Å². The Bertz CT molecular complexity index is 366. The first-order valence-corrected chi connectivity index (χ1v) is 5.16. The van der Waals surface area contributed by atoms with E-state index in [0.29, 0.717) is 5.02 Å². The number of hydrogen-bond acceptors (Lipinski definition) is 2. The van der Waals surface area contributed by atoms with Crippen LogP contribution in [0.5, 0.6) is 0 Å². The Morgan fingerprint density at radius 1 is 1.47 bits per heavy atom. The van der Waals surface area contributed by atoms with Crippen molar-refractivity contribution in [2.45, 2.75) is 19.9 Å². The van der Waals surface area contributed by atoms with Gasteiger partial charge in [0.15, 0.2) is 0 Å². The molecule has 82 valence electrons. The lowest BCUT2D eigenvalue weighted by molar-refractivity contribution is -0.117. The number of rotatable bonds is 3. The SMILES string of the molecule is CNC(C)C(=O)Nc1cc(Cl)ccc1C. The number of carbonyl (C=O) groups excluding carboxylic acids is 1. The fourth-order valence-electron chi connectivity index (χ4n) is 1.10. The quantitative estimate of drug-likeness (QED) is 0.830. The molecule has 0 fully saturated rings. The van der Waals surface area contributed by atoms with Gasteiger partial charge in [0.1, 0.15) is 0 Å². The zero-order chi connectivity index (χ0) is 11.4. The van der Waals surface area contributed by atoms with Gasteiger partial charge in [-0.1, -0.05) is 17.7 Å². The average molecular weight is 227 g/mol. The van der Waals surface area contributed by atoms with Gasteiger partial charge in [0, 0.05) is 10.7 Å². The summed E-state index contributed by atoms with van der Waals surface area (Å²) in [7, 11) is 1.75. The zero-order valence-electron chi connectivity index (χ0n) is 9.10. The predicted molar refractivity (Wildman–Crippen MR) is 63.3 cm³/mol. The number of nitrogens with one attached hydrogen (secondary N) is 2. The van der Waals surface area contributed by atoms with Crippen LogP contribution in [-0.2, 0) is 4.79 Å². The maximum absolute atomic E-state index is 11.6. The third-order valence-electron chi connectivity index (χ3n) is 2.28. The van der Waals surface area contributed by atoms with Crippen LogP contribution in [0.25, 0.3) is 0 Å². The highest BCUT2D eigenvalue weighted by atomic mass is 35.5. The monoisotopic (exact) mass is 226 g/mol. The van der Waals surface area contributed by atoms with Crippen LogP contribution in [0.3, 0.4) is 0 Å². The first-order valence-electron chi connectivity index (χ1n) is 4.79. The van der Waals surface area contributed by atoms with Crippen molar-refractivity contribution in [2.75, 3.05) is 12.4 Å². The minimum Gasteiger partial charge on any atom is -0.324 e. The number of amides is 1. The maximum atomic E-state index is 11.6. The molecular weight excluding hydrogens is 212 g/mol. The molecule has 2 N–H and O–H groups in total. The number of aryl methyl sites for hydroxylation is 1. The van der Waals surface area contributed by atoms with Crippen molar-refractivity contribution in [1.29, 1.82) is 0 Å². The average Bonchev–Trinajstić information content (AvgIpc) is 2.22. The van der Waals surface area contributed by atoms with E-state index in [0.717, 1.165) is 11.3 Å². The third kappa shape index (κ3) is 3.22. The second-order valence-corrected chi connectivity index (χ2v) is 3.90. The summed E-state index contributed by atoms with van der Waals surface area (Å²) < 4.78 is 0. The van der Waals surface area contributed by atoms with Crippen LogP contribution in [0.1, 0.15) is 12.5 Å². The number of halogens is 1. The molecule has 0 bridgehead atoms. The van der Waals surface area contributed by atoms with Gasteiger partial charge in [-0.2, -0.15) is 0 Å². The van der Waals surface area contributed by atoms with Crippen molar-refractivity contribution in [3.63, 3.8) is 0 Å². The van der Waals surface area contributed by atoms with Crippen LogP contribution >= 0.6 is 11.6 Å². The van der Waals surface area contributed by atoms with E-state index in [1.165, 1.54) is 0 Å². The summed E-state index contributed by atoms with van der Waals surface area (Å²) >= 11 is 5.85. The van der Waals surface area contributed by atoms with Crippen LogP contribution in [0.15, 0.2) is 18.2 Å². The van der Waals surface area contributed by atoms with Crippen molar-refractivity contribution in [3.8, 4) is 0 Å². The van der Waals surface area contributed by atoms with Crippen LogP contribution in [-0.4, -0.2) is 19.0 Å². The molecule has 0 aliphatic rings. The molecule has 0 saturated heterocycles. The fraction of sp³-hybridized carbons (Fsp3) is 0.364. The van der Waals surface area contributed by atoms with Crippen molar-refractivity contribution in [2.24, 2.45) is 0 Å². The normalized spacial score (nSPS) is 12.3. The highest BCUT2D eigenvalue weighted by Crippen LogP contribution is 2.20. The molecule has 3 nitrogen and oxygen atoms in total. The Balaban J connectivity index is 2.80. The highest BCUT2D eigenvalue weighted by Gasteiger charge is 2.11. The zero-order valence-corrected chi connectivity index (χ0v) is 9.85. The molecule has 1 rings (SSSR count). The minimum absolute atomic E-state index is 0.0668. The highest BCUT2D eigenvalue weighted by molar-refractivity contribution is 6.31. The Morgan fingerprint density at radius 3 is 2.73 bits per heavy atom. The van der Waals surface area contributed by atoms with Gasteiger partial charge in [-0.05, 0) is 38.6 Å². The topological polar surface area (TPSA) is 41.1 Å². The van der Waals surface area contributed by atoms with E-state index in [-0.39, 0.29) is 11.9 Å². The van der Waals surface area contributed by atoms with Gasteiger partial charge in [-0.15, -0.1) is 0 Å². The summed E-state index contributed by atoms with van der Waals surface area (Å²) in [6.07, 6.45) is 0. The summed E-state index contributed by atoms with van der Waals surface area (Å²) in [5, 5.41) is 6.31. The predicted octanol–water partition coefficient (Wildman–Crippen LogP) is 2.19. The molecule has 1 aromatic rings. The molecule has 0 spiro atoms. The third-order valence-corrected chi connectivity index (χ3v) is 2.52. The Labute approximate surface area is 94.8 Å². The standard InChI is InChI=1S/C11H15ClN2O/c1-7-4-5-9(12)6-10(7)14-11(15)8(2)13-3/h4-6,8,13H,1-3H3,(H,14,15). The van der Waals surface area contributed by atoms with Crippen LogP contribution in [0.2, 0.25) is 5.02 Å². The molecule has 0 aliphatic carbocycles. The summed E-state index contributed by atoms with van der Waals surface area (Å²) in [6, 6.07) is 5.20. The van der Waals surface area contributed by atoms with Gasteiger partial charge < -0.3 is 10.6 Å². The smallest absolute Gasteiger partial charge is 0.241 e. The second-order valence-electron chi connectivity index (χ2n) is 3.46. The van der Waals surface area contributed by atoms with E-state index in [2.05, 4.69) is 10.6 Å². The van der Waals surface area contributed by atoms with Crippen molar-refractivity contribution >= 4 is 23.2 Å². The number of carbonyl (C=O) groups is 1. The van der Waals surface area contributed by atoms with E-state index in [4.69, 9.17) is 11.6 Å². The molecule has 1 aromatic carbocycles. The maximum Gasteiger partial charge on any atom is 0.241 e. The molecule has 1 atom stereocenters. The molecule has 15 heavy (non-hydrogen) atoms. The first-order chi connectivity index (χ1) is 7.04. The fourth-order valence-corrected chi connectivity index (χ4v) is 1.27. The lowest BCUT2D eigenvalue weighted by Crippen LogP contribution is -2.35. The van der Waals surface area contributed by atoms with Gasteiger partial charge in [0.25, 0.3) is 0 Å². The number of likely N-dealkylation sites (N-methyl/N-ethyl adjacent to an activating group) is 1.